The summed E-state index contributed by atoms with van der Waals surface area (Å²) in [7, 11) is 0. The molecule has 1 fully saturated rings. The summed E-state index contributed by atoms with van der Waals surface area (Å²) in [6.07, 6.45) is 7.42. The van der Waals surface area contributed by atoms with Crippen LogP contribution in [0.4, 0.5) is 11.4 Å². The molecule has 1 N–H and O–H groups in total. The number of para-hydroxylation sites is 1. The quantitative estimate of drug-likeness (QED) is 0.770. The molecule has 1 aliphatic rings. The zero-order valence-electron chi connectivity index (χ0n) is 14.9. The number of fused-ring (bicyclic) bond motifs is 1. The molecule has 132 valence electrons. The van der Waals surface area contributed by atoms with Crippen LogP contribution in [0, 0.1) is 5.92 Å². The predicted octanol–water partition coefficient (Wildman–Crippen LogP) is 4.25. The number of nitrogens with one attached hydrogen (secondary N) is 1. The maximum absolute atomic E-state index is 12.8. The number of hydrogen-bond donors (Lipinski definition) is 1. The minimum Gasteiger partial charge on any atom is -0.352 e. The van der Waals surface area contributed by atoms with Crippen molar-refractivity contribution in [3.63, 3.8) is 0 Å². The molecule has 5 nitrogen and oxygen atoms in total. The Balaban J connectivity index is 1.58. The standard InChI is InChI=1S/C21H22N4O/c1-15-5-4-10-25(14-15)21(26)17-11-18(13-22-12-17)24-19-8-2-6-16-7-3-9-23-20(16)19/h2-3,6-9,11-13,15,24H,4-5,10,14H2,1H3. The Morgan fingerprint density at radius 2 is 2.12 bits per heavy atom. The number of nitrogens with zero attached hydrogens (tertiary/aromatic N) is 3. The minimum atomic E-state index is 0.0590. The van der Waals surface area contributed by atoms with Gasteiger partial charge in [-0.25, -0.2) is 0 Å². The molecular weight excluding hydrogens is 324 g/mol. The molecule has 0 aliphatic carbocycles. The fraction of sp³-hybridized carbons (Fsp3) is 0.286. The highest BCUT2D eigenvalue weighted by Crippen LogP contribution is 2.25. The number of hydrogen-bond acceptors (Lipinski definition) is 4. The van der Waals surface area contributed by atoms with Crippen molar-refractivity contribution in [3.05, 3.63) is 60.6 Å². The third kappa shape index (κ3) is 3.38. The smallest absolute Gasteiger partial charge is 0.255 e. The van der Waals surface area contributed by atoms with Gasteiger partial charge in [0.15, 0.2) is 0 Å². The Bertz CT molecular complexity index is 935. The predicted molar refractivity (Wildman–Crippen MR) is 104 cm³/mol. The fourth-order valence-electron chi connectivity index (χ4n) is 3.54. The van der Waals surface area contributed by atoms with Crippen LogP contribution in [0.5, 0.6) is 0 Å². The highest BCUT2D eigenvalue weighted by Gasteiger charge is 2.22. The molecule has 0 radical (unpaired) electrons. The van der Waals surface area contributed by atoms with E-state index in [4.69, 9.17) is 0 Å². The Kier molecular flexibility index (Phi) is 4.52. The summed E-state index contributed by atoms with van der Waals surface area (Å²) in [5, 5.41) is 4.43. The van der Waals surface area contributed by atoms with Crippen LogP contribution in [0.2, 0.25) is 0 Å². The third-order valence-electron chi connectivity index (χ3n) is 4.84. The van der Waals surface area contributed by atoms with Crippen molar-refractivity contribution in [2.24, 2.45) is 5.92 Å². The lowest BCUT2D eigenvalue weighted by Crippen LogP contribution is -2.39. The number of anilines is 2. The van der Waals surface area contributed by atoms with E-state index in [0.717, 1.165) is 41.8 Å². The van der Waals surface area contributed by atoms with Crippen molar-refractivity contribution >= 4 is 28.2 Å². The van der Waals surface area contributed by atoms with Crippen LogP contribution in [0.15, 0.2) is 55.0 Å². The van der Waals surface area contributed by atoms with E-state index in [0.29, 0.717) is 11.5 Å². The average molecular weight is 346 g/mol. The van der Waals surface area contributed by atoms with Gasteiger partial charge in [0.05, 0.1) is 28.7 Å². The second-order valence-electron chi connectivity index (χ2n) is 6.97. The summed E-state index contributed by atoms with van der Waals surface area (Å²) in [4.78, 5) is 23.5. The lowest BCUT2D eigenvalue weighted by atomic mass is 10.00. The van der Waals surface area contributed by atoms with E-state index in [1.807, 2.05) is 41.3 Å². The first kappa shape index (κ1) is 16.5. The Morgan fingerprint density at radius 3 is 3.00 bits per heavy atom. The maximum Gasteiger partial charge on any atom is 0.255 e. The minimum absolute atomic E-state index is 0.0590. The summed E-state index contributed by atoms with van der Waals surface area (Å²) in [6, 6.07) is 11.8. The molecule has 26 heavy (non-hydrogen) atoms. The van der Waals surface area contributed by atoms with E-state index in [9.17, 15) is 4.79 Å². The summed E-state index contributed by atoms with van der Waals surface area (Å²) in [6.45, 7) is 3.85. The largest absolute Gasteiger partial charge is 0.352 e. The van der Waals surface area contributed by atoms with Gasteiger partial charge in [0.25, 0.3) is 5.91 Å². The number of piperidine rings is 1. The van der Waals surface area contributed by atoms with E-state index >= 15 is 0 Å². The van der Waals surface area contributed by atoms with Crippen molar-refractivity contribution in [2.45, 2.75) is 19.8 Å². The summed E-state index contributed by atoms with van der Waals surface area (Å²) < 4.78 is 0. The Morgan fingerprint density at radius 1 is 1.23 bits per heavy atom. The molecule has 1 aliphatic heterocycles. The molecule has 0 bridgehead atoms. The van der Waals surface area contributed by atoms with Gasteiger partial charge < -0.3 is 10.2 Å². The van der Waals surface area contributed by atoms with Crippen LogP contribution in [0.3, 0.4) is 0 Å². The zero-order valence-corrected chi connectivity index (χ0v) is 14.9. The first-order valence-corrected chi connectivity index (χ1v) is 9.06. The van der Waals surface area contributed by atoms with Gasteiger partial charge in [-0.1, -0.05) is 25.1 Å². The van der Waals surface area contributed by atoms with Crippen molar-refractivity contribution in [2.75, 3.05) is 18.4 Å². The molecule has 0 spiro atoms. The van der Waals surface area contributed by atoms with E-state index in [2.05, 4.69) is 22.2 Å². The molecule has 1 amide bonds. The molecule has 3 aromatic rings. The normalized spacial score (nSPS) is 17.3. The number of pyridine rings is 2. The van der Waals surface area contributed by atoms with Crippen LogP contribution < -0.4 is 5.32 Å². The average Bonchev–Trinajstić information content (AvgIpc) is 2.68. The second kappa shape index (κ2) is 7.12. The van der Waals surface area contributed by atoms with Gasteiger partial charge in [0.2, 0.25) is 0 Å². The number of carbonyl (C=O) groups is 1. The zero-order chi connectivity index (χ0) is 17.9. The summed E-state index contributed by atoms with van der Waals surface area (Å²) >= 11 is 0. The number of benzene rings is 1. The van der Waals surface area contributed by atoms with Gasteiger partial charge in [-0.15, -0.1) is 0 Å². The maximum atomic E-state index is 12.8. The van der Waals surface area contributed by atoms with Crippen LogP contribution in [-0.2, 0) is 0 Å². The molecule has 2 aromatic heterocycles. The molecule has 3 heterocycles. The van der Waals surface area contributed by atoms with Crippen molar-refractivity contribution in [1.29, 1.82) is 0 Å². The molecule has 1 unspecified atom stereocenters. The van der Waals surface area contributed by atoms with E-state index < -0.39 is 0 Å². The van der Waals surface area contributed by atoms with E-state index in [1.54, 1.807) is 18.6 Å². The number of likely N-dealkylation sites (tertiary alicyclic amines) is 1. The number of aromatic nitrogens is 2. The molecular formula is C21H22N4O. The Labute approximate surface area is 153 Å². The molecule has 0 saturated carbocycles. The van der Waals surface area contributed by atoms with Gasteiger partial charge in [-0.3, -0.25) is 14.8 Å². The summed E-state index contributed by atoms with van der Waals surface area (Å²) in [5.74, 6) is 0.618. The number of amides is 1. The molecule has 4 rings (SSSR count). The van der Waals surface area contributed by atoms with E-state index in [-0.39, 0.29) is 5.91 Å². The highest BCUT2D eigenvalue weighted by atomic mass is 16.2. The highest BCUT2D eigenvalue weighted by molar-refractivity contribution is 5.96. The van der Waals surface area contributed by atoms with Crippen molar-refractivity contribution in [1.82, 2.24) is 14.9 Å². The third-order valence-corrected chi connectivity index (χ3v) is 4.84. The van der Waals surface area contributed by atoms with Crippen LogP contribution in [0.1, 0.15) is 30.1 Å². The first-order valence-electron chi connectivity index (χ1n) is 9.06. The van der Waals surface area contributed by atoms with Crippen molar-refractivity contribution in [3.8, 4) is 0 Å². The monoisotopic (exact) mass is 346 g/mol. The van der Waals surface area contributed by atoms with Crippen LogP contribution in [-0.4, -0.2) is 33.9 Å². The van der Waals surface area contributed by atoms with Gasteiger partial charge in [0.1, 0.15) is 0 Å². The molecule has 1 saturated heterocycles. The van der Waals surface area contributed by atoms with Gasteiger partial charge >= 0.3 is 0 Å². The molecule has 5 heteroatoms. The van der Waals surface area contributed by atoms with Gasteiger partial charge in [0, 0.05) is 30.9 Å². The lowest BCUT2D eigenvalue weighted by molar-refractivity contribution is 0.0682. The first-order chi connectivity index (χ1) is 12.7. The topological polar surface area (TPSA) is 58.1 Å². The SMILES string of the molecule is CC1CCCN(C(=O)c2cncc(Nc3cccc4cccnc34)c2)C1. The van der Waals surface area contributed by atoms with Gasteiger partial charge in [-0.2, -0.15) is 0 Å². The van der Waals surface area contributed by atoms with Crippen LogP contribution >= 0.6 is 0 Å². The van der Waals surface area contributed by atoms with Crippen molar-refractivity contribution < 1.29 is 4.79 Å². The molecule has 1 aromatic carbocycles. The molecule has 1 atom stereocenters. The lowest BCUT2D eigenvalue weighted by Gasteiger charge is -2.31. The second-order valence-corrected chi connectivity index (χ2v) is 6.97. The summed E-state index contributed by atoms with van der Waals surface area (Å²) in [5.41, 5.74) is 3.22. The Hall–Kier alpha value is -2.95. The van der Waals surface area contributed by atoms with E-state index in [1.165, 1.54) is 6.42 Å². The van der Waals surface area contributed by atoms with Gasteiger partial charge in [-0.05, 0) is 37.0 Å². The number of rotatable bonds is 3. The number of carbonyl (C=O) groups excluding carboxylic acids is 1. The fourth-order valence-corrected chi connectivity index (χ4v) is 3.54. The van der Waals surface area contributed by atoms with Crippen LogP contribution in [0.25, 0.3) is 10.9 Å².